The summed E-state index contributed by atoms with van der Waals surface area (Å²) in [5, 5.41) is 6.29. The number of rotatable bonds is 10. The van der Waals surface area contributed by atoms with Gasteiger partial charge in [-0.1, -0.05) is 37.5 Å². The third-order valence-corrected chi connectivity index (χ3v) is 8.97. The number of aromatic nitrogens is 2. The van der Waals surface area contributed by atoms with Crippen LogP contribution in [0.4, 0.5) is 5.82 Å². The molecule has 3 heterocycles. The molecule has 3 aromatic rings. The molecule has 1 aliphatic carbocycles. The zero-order chi connectivity index (χ0) is 26.5. The maximum absolute atomic E-state index is 12.8. The molecular weight excluding hydrogens is 494 g/mol. The van der Waals surface area contributed by atoms with Crippen LogP contribution in [0.3, 0.4) is 0 Å². The van der Waals surface area contributed by atoms with Crippen molar-refractivity contribution in [1.82, 2.24) is 20.2 Å². The minimum Gasteiger partial charge on any atom is -0.362 e. The van der Waals surface area contributed by atoms with E-state index in [2.05, 4.69) is 22.3 Å². The van der Waals surface area contributed by atoms with Crippen molar-refractivity contribution >= 4 is 39.9 Å². The lowest BCUT2D eigenvalue weighted by Gasteiger charge is -2.29. The van der Waals surface area contributed by atoms with E-state index in [0.717, 1.165) is 60.7 Å². The first kappa shape index (κ1) is 26.6. The molecule has 1 N–H and O–H groups in total. The summed E-state index contributed by atoms with van der Waals surface area (Å²) in [6.45, 7) is 1.89. The lowest BCUT2D eigenvalue weighted by molar-refractivity contribution is -0.129. The molecule has 1 saturated heterocycles. The Morgan fingerprint density at radius 1 is 1.08 bits per heavy atom. The number of carbonyl (C=O) groups excluding carboxylic acids is 2. The van der Waals surface area contributed by atoms with Crippen LogP contribution in [0.25, 0.3) is 10.9 Å². The summed E-state index contributed by atoms with van der Waals surface area (Å²) >= 11 is 1.65. The van der Waals surface area contributed by atoms with Gasteiger partial charge in [-0.25, -0.2) is 9.97 Å². The smallest absolute Gasteiger partial charge is 0.225 e. The second-order valence-electron chi connectivity index (χ2n) is 11.2. The summed E-state index contributed by atoms with van der Waals surface area (Å²) in [5.41, 5.74) is 1.01. The minimum absolute atomic E-state index is 0.0432. The summed E-state index contributed by atoms with van der Waals surface area (Å²) in [4.78, 5) is 39.9. The average Bonchev–Trinajstić information content (AvgIpc) is 3.57. The molecule has 2 fully saturated rings. The van der Waals surface area contributed by atoms with E-state index in [0.29, 0.717) is 25.4 Å². The molecule has 5 rings (SSSR count). The van der Waals surface area contributed by atoms with Crippen molar-refractivity contribution in [2.45, 2.75) is 57.9 Å². The molecule has 1 unspecified atom stereocenters. The van der Waals surface area contributed by atoms with Crippen LogP contribution in [-0.2, 0) is 22.6 Å². The monoisotopic (exact) mass is 533 g/mol. The Morgan fingerprint density at radius 2 is 1.87 bits per heavy atom. The fraction of sp³-hybridized carbons (Fsp3) is 0.533. The van der Waals surface area contributed by atoms with Gasteiger partial charge in [0.25, 0.3) is 0 Å². The van der Waals surface area contributed by atoms with Crippen LogP contribution in [0.15, 0.2) is 41.8 Å². The summed E-state index contributed by atoms with van der Waals surface area (Å²) < 4.78 is 0. The molecule has 1 aromatic carbocycles. The number of hydrogen-bond donors (Lipinski definition) is 1. The predicted molar refractivity (Wildman–Crippen MR) is 153 cm³/mol. The number of nitrogens with zero attached hydrogens (tertiary/aromatic N) is 4. The normalized spacial score (nSPS) is 21.7. The number of amides is 2. The Balaban J connectivity index is 1.02. The van der Waals surface area contributed by atoms with Crippen LogP contribution in [0.2, 0.25) is 0 Å². The van der Waals surface area contributed by atoms with E-state index in [9.17, 15) is 9.59 Å². The SMILES string of the molecule is CN(C)c1nc(CCCC2CCC(CNC(=O)C3CC(=O)N(Cc4cccs4)C3)CC2)nc2ccccc12. The third-order valence-electron chi connectivity index (χ3n) is 8.11. The highest BCUT2D eigenvalue weighted by Gasteiger charge is 2.34. The van der Waals surface area contributed by atoms with Crippen molar-refractivity contribution in [3.63, 3.8) is 0 Å². The quantitative estimate of drug-likeness (QED) is 0.395. The van der Waals surface area contributed by atoms with Gasteiger partial charge in [0.2, 0.25) is 11.8 Å². The highest BCUT2D eigenvalue weighted by atomic mass is 32.1. The number of aryl methyl sites for hydroxylation is 1. The maximum Gasteiger partial charge on any atom is 0.225 e. The Bertz CT molecular complexity index is 1240. The van der Waals surface area contributed by atoms with Crippen LogP contribution in [-0.4, -0.2) is 53.9 Å². The van der Waals surface area contributed by atoms with Gasteiger partial charge >= 0.3 is 0 Å². The number of fused-ring (bicyclic) bond motifs is 1. The number of thiophene rings is 1. The summed E-state index contributed by atoms with van der Waals surface area (Å²) in [5.74, 6) is 3.13. The molecule has 202 valence electrons. The zero-order valence-electron chi connectivity index (χ0n) is 22.6. The van der Waals surface area contributed by atoms with Gasteiger partial charge < -0.3 is 15.1 Å². The van der Waals surface area contributed by atoms with Gasteiger partial charge in [0.1, 0.15) is 11.6 Å². The van der Waals surface area contributed by atoms with Crippen molar-refractivity contribution in [2.75, 3.05) is 32.1 Å². The van der Waals surface area contributed by atoms with Gasteiger partial charge in [-0.05, 0) is 54.7 Å². The number of para-hydroxylation sites is 1. The van der Waals surface area contributed by atoms with E-state index >= 15 is 0 Å². The van der Waals surface area contributed by atoms with Crippen LogP contribution in [0, 0.1) is 17.8 Å². The highest BCUT2D eigenvalue weighted by molar-refractivity contribution is 7.09. The van der Waals surface area contributed by atoms with Crippen molar-refractivity contribution in [3.8, 4) is 0 Å². The Labute approximate surface area is 229 Å². The molecule has 0 spiro atoms. The average molecular weight is 534 g/mol. The first-order chi connectivity index (χ1) is 18.5. The van der Waals surface area contributed by atoms with Gasteiger partial charge in [0, 0.05) is 50.3 Å². The van der Waals surface area contributed by atoms with Gasteiger partial charge in [-0.3, -0.25) is 9.59 Å². The maximum atomic E-state index is 12.8. The van der Waals surface area contributed by atoms with Gasteiger partial charge in [-0.15, -0.1) is 11.3 Å². The number of hydrogen-bond acceptors (Lipinski definition) is 6. The summed E-state index contributed by atoms with van der Waals surface area (Å²) in [6, 6.07) is 12.3. The van der Waals surface area contributed by atoms with E-state index in [-0.39, 0.29) is 17.7 Å². The Morgan fingerprint density at radius 3 is 2.63 bits per heavy atom. The first-order valence-corrected chi connectivity index (χ1v) is 14.8. The molecule has 1 aliphatic heterocycles. The van der Waals surface area contributed by atoms with Crippen molar-refractivity contribution in [2.24, 2.45) is 17.8 Å². The minimum atomic E-state index is -0.218. The van der Waals surface area contributed by atoms with E-state index in [1.165, 1.54) is 24.1 Å². The van der Waals surface area contributed by atoms with Crippen LogP contribution in [0.1, 0.15) is 55.6 Å². The van der Waals surface area contributed by atoms with Crippen LogP contribution in [0.5, 0.6) is 0 Å². The predicted octanol–water partition coefficient (Wildman–Crippen LogP) is 5.05. The third kappa shape index (κ3) is 6.52. The summed E-state index contributed by atoms with van der Waals surface area (Å²) in [7, 11) is 4.07. The first-order valence-electron chi connectivity index (χ1n) is 14.0. The number of carbonyl (C=O) groups is 2. The highest BCUT2D eigenvalue weighted by Crippen LogP contribution is 2.32. The van der Waals surface area contributed by atoms with Gasteiger partial charge in [0.05, 0.1) is 18.0 Å². The second-order valence-corrected chi connectivity index (χ2v) is 12.2. The fourth-order valence-corrected chi connectivity index (χ4v) is 6.63. The van der Waals surface area contributed by atoms with Crippen LogP contribution >= 0.6 is 11.3 Å². The lowest BCUT2D eigenvalue weighted by atomic mass is 9.79. The fourth-order valence-electron chi connectivity index (χ4n) is 5.91. The van der Waals surface area contributed by atoms with E-state index in [1.807, 2.05) is 48.6 Å². The Hall–Kier alpha value is -3.00. The number of nitrogens with one attached hydrogen (secondary N) is 1. The molecule has 38 heavy (non-hydrogen) atoms. The molecule has 7 nitrogen and oxygen atoms in total. The molecule has 1 saturated carbocycles. The van der Waals surface area contributed by atoms with E-state index < -0.39 is 0 Å². The topological polar surface area (TPSA) is 78.4 Å². The lowest BCUT2D eigenvalue weighted by Crippen LogP contribution is -2.36. The molecule has 2 amide bonds. The Kier molecular flexibility index (Phi) is 8.57. The molecule has 1 atom stereocenters. The number of anilines is 1. The molecule has 0 bridgehead atoms. The number of likely N-dealkylation sites (tertiary alicyclic amines) is 1. The second kappa shape index (κ2) is 12.2. The molecule has 2 aliphatic rings. The number of benzene rings is 1. The molecule has 8 heteroatoms. The molecule has 2 aromatic heterocycles. The molecular formula is C30H39N5O2S. The van der Waals surface area contributed by atoms with Crippen molar-refractivity contribution < 1.29 is 9.59 Å². The van der Waals surface area contributed by atoms with Gasteiger partial charge in [0.15, 0.2) is 0 Å². The van der Waals surface area contributed by atoms with Crippen LogP contribution < -0.4 is 10.2 Å². The van der Waals surface area contributed by atoms with Gasteiger partial charge in [-0.2, -0.15) is 0 Å². The standard InChI is InChI=1S/C30H39N5O2S/c1-34(2)29-25-9-3-4-10-26(25)32-27(33-29)11-5-7-21-12-14-22(15-13-21)18-31-30(37)23-17-28(36)35(19-23)20-24-8-6-16-38-24/h3-4,6,8-10,16,21-23H,5,7,11-15,17-20H2,1-2H3,(H,31,37). The zero-order valence-corrected chi connectivity index (χ0v) is 23.4. The molecule has 0 radical (unpaired) electrons. The van der Waals surface area contributed by atoms with E-state index in [4.69, 9.17) is 9.97 Å². The summed E-state index contributed by atoms with van der Waals surface area (Å²) in [6.07, 6.45) is 8.32. The van der Waals surface area contributed by atoms with Crippen molar-refractivity contribution in [3.05, 3.63) is 52.5 Å². The van der Waals surface area contributed by atoms with E-state index in [1.54, 1.807) is 11.3 Å². The largest absolute Gasteiger partial charge is 0.362 e. The van der Waals surface area contributed by atoms with Crippen molar-refractivity contribution in [1.29, 1.82) is 0 Å².